The van der Waals surface area contributed by atoms with Crippen LogP contribution < -0.4 is 10.0 Å². The Morgan fingerprint density at radius 2 is 1.89 bits per heavy atom. The number of rotatable bonds is 3. The zero-order chi connectivity index (χ0) is 13.4. The highest BCUT2D eigenvalue weighted by atomic mass is 16.4. The summed E-state index contributed by atoms with van der Waals surface area (Å²) in [7, 11) is 0. The molecule has 5 nitrogen and oxygen atoms in total. The van der Waals surface area contributed by atoms with Crippen molar-refractivity contribution in [1.29, 1.82) is 0 Å². The summed E-state index contributed by atoms with van der Waals surface area (Å²) in [6, 6.07) is 5.54. The average molecular weight is 253 g/mol. The predicted molar refractivity (Wildman–Crippen MR) is 64.7 cm³/mol. The third-order valence-electron chi connectivity index (χ3n) is 2.89. The molecule has 5 heteroatoms. The van der Waals surface area contributed by atoms with Gasteiger partial charge in [0.05, 0.1) is 25.3 Å². The molecule has 0 unspecified atom stereocenters. The number of para-hydroxylation sites is 1. The normalized spacial score (nSPS) is 14.9. The van der Waals surface area contributed by atoms with Crippen LogP contribution in [-0.4, -0.2) is 42.4 Å². The second-order valence-electron chi connectivity index (χ2n) is 4.23. The van der Waals surface area contributed by atoms with Crippen molar-refractivity contribution in [3.8, 4) is 5.75 Å². The molecule has 0 radical (unpaired) electrons. The smallest absolute Gasteiger partial charge is 0.335 e. The Morgan fingerprint density at radius 1 is 1.28 bits per heavy atom. The average Bonchev–Trinajstić information content (AvgIpc) is 2.83. The molecule has 1 saturated heterocycles. The Kier molecular flexibility index (Phi) is 6.18. The highest BCUT2D eigenvalue weighted by Gasteiger charge is 2.12. The first kappa shape index (κ1) is 14.5. The van der Waals surface area contributed by atoms with Crippen molar-refractivity contribution < 1.29 is 25.0 Å². The molecule has 0 saturated carbocycles. The Morgan fingerprint density at radius 3 is 2.33 bits per heavy atom. The van der Waals surface area contributed by atoms with Crippen LogP contribution in [0.1, 0.15) is 23.2 Å². The van der Waals surface area contributed by atoms with E-state index in [1.807, 2.05) is 0 Å². The molecule has 1 fully saturated rings. The lowest BCUT2D eigenvalue weighted by Crippen LogP contribution is -3.10. The lowest BCUT2D eigenvalue weighted by Gasteiger charge is -2.07. The first-order valence-corrected chi connectivity index (χ1v) is 6.09. The van der Waals surface area contributed by atoms with E-state index in [4.69, 9.17) is 10.2 Å². The van der Waals surface area contributed by atoms with Crippen LogP contribution in [0.2, 0.25) is 0 Å². The fraction of sp³-hybridized carbons (Fsp3) is 0.462. The van der Waals surface area contributed by atoms with Crippen LogP contribution in [0, 0.1) is 0 Å². The maximum atomic E-state index is 10.7. The van der Waals surface area contributed by atoms with Gasteiger partial charge in [-0.1, -0.05) is 23.9 Å². The minimum atomic E-state index is -1.18. The molecule has 1 heterocycles. The summed E-state index contributed by atoms with van der Waals surface area (Å²) in [5, 5.41) is 27.6. The van der Waals surface area contributed by atoms with Crippen LogP contribution in [0.5, 0.6) is 5.75 Å². The fourth-order valence-electron chi connectivity index (χ4n) is 1.93. The van der Waals surface area contributed by atoms with E-state index in [9.17, 15) is 9.90 Å². The minimum absolute atomic E-state index is 0.178. The van der Waals surface area contributed by atoms with Gasteiger partial charge in [0, 0.05) is 12.8 Å². The van der Waals surface area contributed by atoms with Gasteiger partial charge in [-0.05, 0) is 6.07 Å². The quantitative estimate of drug-likeness (QED) is 0.653. The number of hydrogen-bond acceptors (Lipinski definition) is 3. The van der Waals surface area contributed by atoms with Gasteiger partial charge in [-0.3, -0.25) is 0 Å². The van der Waals surface area contributed by atoms with E-state index in [0.717, 1.165) is 6.54 Å². The van der Waals surface area contributed by atoms with E-state index in [1.54, 1.807) is 4.90 Å². The van der Waals surface area contributed by atoms with Crippen molar-refractivity contribution in [3.63, 3.8) is 0 Å². The first-order valence-electron chi connectivity index (χ1n) is 6.09. The first-order chi connectivity index (χ1) is 8.65. The fourth-order valence-corrected chi connectivity index (χ4v) is 1.93. The number of aromatic carboxylic acids is 1. The SMILES string of the molecule is O=C(O)c1ccccc1[O-].OCC[NH+]1CCCC1. The molecule has 0 aromatic heterocycles. The van der Waals surface area contributed by atoms with Gasteiger partial charge in [0.15, 0.2) is 0 Å². The van der Waals surface area contributed by atoms with Crippen molar-refractivity contribution in [3.05, 3.63) is 29.8 Å². The molecule has 18 heavy (non-hydrogen) atoms. The van der Waals surface area contributed by atoms with Gasteiger partial charge in [-0.2, -0.15) is 0 Å². The topological polar surface area (TPSA) is 85.0 Å². The molecule has 0 atom stereocenters. The lowest BCUT2D eigenvalue weighted by atomic mass is 10.2. The molecule has 0 bridgehead atoms. The van der Waals surface area contributed by atoms with Gasteiger partial charge >= 0.3 is 5.97 Å². The molecular weight excluding hydrogens is 234 g/mol. The number of hydrogen-bond donors (Lipinski definition) is 3. The van der Waals surface area contributed by atoms with E-state index in [1.165, 1.54) is 50.2 Å². The summed E-state index contributed by atoms with van der Waals surface area (Å²) >= 11 is 0. The number of quaternary nitrogens is 1. The number of carboxylic acids is 1. The number of aliphatic hydroxyl groups is 1. The van der Waals surface area contributed by atoms with Crippen molar-refractivity contribution in [2.45, 2.75) is 12.8 Å². The summed E-state index contributed by atoms with van der Waals surface area (Å²) in [5.41, 5.74) is -0.178. The van der Waals surface area contributed by atoms with Crippen LogP contribution in [0.3, 0.4) is 0 Å². The van der Waals surface area contributed by atoms with Gasteiger partial charge in [0.2, 0.25) is 0 Å². The second-order valence-corrected chi connectivity index (χ2v) is 4.23. The zero-order valence-electron chi connectivity index (χ0n) is 10.3. The van der Waals surface area contributed by atoms with Crippen LogP contribution in [0.15, 0.2) is 24.3 Å². The lowest BCUT2D eigenvalue weighted by molar-refractivity contribution is -0.887. The molecule has 2 rings (SSSR count). The highest BCUT2D eigenvalue weighted by molar-refractivity contribution is 5.90. The van der Waals surface area contributed by atoms with Gasteiger partial charge in [-0.25, -0.2) is 4.79 Å². The van der Waals surface area contributed by atoms with E-state index < -0.39 is 11.7 Å². The molecule has 1 aliphatic heterocycles. The maximum Gasteiger partial charge on any atom is 0.335 e. The van der Waals surface area contributed by atoms with Crippen LogP contribution >= 0.6 is 0 Å². The molecule has 1 aromatic rings. The number of likely N-dealkylation sites (tertiary alicyclic amines) is 1. The molecule has 1 aromatic carbocycles. The Bertz CT molecular complexity index is 375. The Hall–Kier alpha value is -1.59. The van der Waals surface area contributed by atoms with Crippen molar-refractivity contribution in [2.24, 2.45) is 0 Å². The summed E-state index contributed by atoms with van der Waals surface area (Å²) in [6.07, 6.45) is 2.71. The van der Waals surface area contributed by atoms with E-state index in [-0.39, 0.29) is 5.56 Å². The maximum absolute atomic E-state index is 10.7. The Balaban J connectivity index is 0.000000184. The van der Waals surface area contributed by atoms with Crippen LogP contribution in [-0.2, 0) is 0 Å². The number of carbonyl (C=O) groups is 1. The summed E-state index contributed by atoms with van der Waals surface area (Å²) in [4.78, 5) is 11.8. The van der Waals surface area contributed by atoms with Gasteiger partial charge in [-0.15, -0.1) is 0 Å². The minimum Gasteiger partial charge on any atom is -0.872 e. The van der Waals surface area contributed by atoms with E-state index >= 15 is 0 Å². The number of nitrogens with one attached hydrogen (secondary N) is 1. The number of benzene rings is 1. The van der Waals surface area contributed by atoms with Crippen LogP contribution in [0.25, 0.3) is 0 Å². The Labute approximate surface area is 106 Å². The monoisotopic (exact) mass is 253 g/mol. The van der Waals surface area contributed by atoms with Gasteiger partial charge in [0.1, 0.15) is 6.54 Å². The molecule has 3 N–H and O–H groups in total. The van der Waals surface area contributed by atoms with Crippen LogP contribution in [0.4, 0.5) is 0 Å². The molecule has 100 valence electrons. The second kappa shape index (κ2) is 7.68. The number of aliphatic hydroxyl groups excluding tert-OH is 1. The number of carboxylic acid groups (broad SMARTS) is 1. The van der Waals surface area contributed by atoms with Crippen molar-refractivity contribution >= 4 is 5.97 Å². The largest absolute Gasteiger partial charge is 0.872 e. The zero-order valence-corrected chi connectivity index (χ0v) is 10.3. The summed E-state index contributed by atoms with van der Waals surface area (Å²) in [6.45, 7) is 3.87. The summed E-state index contributed by atoms with van der Waals surface area (Å²) < 4.78 is 0. The third kappa shape index (κ3) is 4.73. The van der Waals surface area contributed by atoms with Crippen molar-refractivity contribution in [2.75, 3.05) is 26.2 Å². The molecule has 0 spiro atoms. The molecule has 0 aliphatic carbocycles. The highest BCUT2D eigenvalue weighted by Crippen LogP contribution is 2.10. The summed E-state index contributed by atoms with van der Waals surface area (Å²) in [5.74, 6) is -1.62. The van der Waals surface area contributed by atoms with Crippen molar-refractivity contribution in [1.82, 2.24) is 0 Å². The van der Waals surface area contributed by atoms with Gasteiger partial charge < -0.3 is 20.2 Å². The van der Waals surface area contributed by atoms with E-state index in [0.29, 0.717) is 6.61 Å². The third-order valence-corrected chi connectivity index (χ3v) is 2.89. The molecule has 0 amide bonds. The molecule has 1 aliphatic rings. The molecular formula is C13H19NO4. The van der Waals surface area contributed by atoms with Gasteiger partial charge in [0.25, 0.3) is 0 Å². The standard InChI is InChI=1S/C7H6O3.C6H13NO/c8-6-4-2-1-3-5(6)7(9)10;8-6-5-7-3-1-2-4-7/h1-4,8H,(H,9,10);8H,1-6H2. The predicted octanol–water partition coefficient (Wildman–Crippen LogP) is -0.884. The van der Waals surface area contributed by atoms with E-state index in [2.05, 4.69) is 0 Å².